The Balaban J connectivity index is 4.12. The van der Waals surface area contributed by atoms with Crippen LogP contribution in [-0.4, -0.2) is 24.3 Å². The Kier molecular flexibility index (Phi) is 5.47. The topological polar surface area (TPSA) is 35.5 Å². The first-order chi connectivity index (χ1) is 7.06. The molecule has 0 saturated heterocycles. The van der Waals surface area contributed by atoms with Crippen LogP contribution < -0.4 is 0 Å². The number of hydrogen-bond donors (Lipinski definition) is 0. The lowest BCUT2D eigenvalue weighted by Gasteiger charge is -2.27. The molecular weight excluding hydrogens is 204 g/mol. The Morgan fingerprint density at radius 3 is 1.94 bits per heavy atom. The molecule has 3 heteroatoms. The lowest BCUT2D eigenvalue weighted by atomic mass is 9.97. The number of ether oxygens (including phenoxy) is 2. The van der Waals surface area contributed by atoms with E-state index >= 15 is 0 Å². The second kappa shape index (κ2) is 5.67. The molecule has 0 N–H and O–H groups in total. The van der Waals surface area contributed by atoms with E-state index in [0.717, 1.165) is 6.42 Å². The summed E-state index contributed by atoms with van der Waals surface area (Å²) in [6.07, 6.45) is 0.820. The first-order valence-corrected chi connectivity index (χ1v) is 5.91. The summed E-state index contributed by atoms with van der Waals surface area (Å²) >= 11 is 0. The van der Waals surface area contributed by atoms with Gasteiger partial charge in [0.2, 0.25) is 0 Å². The first kappa shape index (κ1) is 15.4. The van der Waals surface area contributed by atoms with E-state index in [1.807, 2.05) is 48.5 Å². The minimum absolute atomic E-state index is 0.0219. The molecule has 0 aliphatic heterocycles. The Bertz CT molecular complexity index is 220. The average molecular weight is 230 g/mol. The maximum atomic E-state index is 11.6. The van der Waals surface area contributed by atoms with Crippen molar-refractivity contribution in [3.63, 3.8) is 0 Å². The second-order valence-corrected chi connectivity index (χ2v) is 6.11. The molecule has 0 heterocycles. The molecule has 0 aliphatic carbocycles. The van der Waals surface area contributed by atoms with Gasteiger partial charge in [-0.3, -0.25) is 4.79 Å². The minimum Gasteiger partial charge on any atom is -0.463 e. The first-order valence-electron chi connectivity index (χ1n) is 5.91. The van der Waals surface area contributed by atoms with Crippen molar-refractivity contribution in [1.82, 2.24) is 0 Å². The lowest BCUT2D eigenvalue weighted by molar-refractivity contribution is -0.161. The molecule has 0 fully saturated rings. The summed E-state index contributed by atoms with van der Waals surface area (Å²) in [5.74, 6) is -0.177. The van der Waals surface area contributed by atoms with Crippen LogP contribution in [0.5, 0.6) is 0 Å². The van der Waals surface area contributed by atoms with Crippen LogP contribution in [0.25, 0.3) is 0 Å². The smallest absolute Gasteiger partial charge is 0.311 e. The maximum Gasteiger partial charge on any atom is 0.311 e. The predicted molar refractivity (Wildman–Crippen MR) is 65.3 cm³/mol. The van der Waals surface area contributed by atoms with E-state index in [9.17, 15) is 4.79 Å². The third-order valence-electron chi connectivity index (χ3n) is 1.99. The molecule has 0 bridgehead atoms. The van der Waals surface area contributed by atoms with Crippen LogP contribution in [0.1, 0.15) is 54.9 Å². The van der Waals surface area contributed by atoms with Crippen LogP contribution in [0.15, 0.2) is 0 Å². The number of carbonyl (C=O) groups is 1. The molecule has 0 spiro atoms. The number of hydrogen-bond acceptors (Lipinski definition) is 3. The van der Waals surface area contributed by atoms with Gasteiger partial charge in [-0.05, 0) is 48.0 Å². The Morgan fingerprint density at radius 1 is 1.12 bits per heavy atom. The van der Waals surface area contributed by atoms with Gasteiger partial charge < -0.3 is 9.47 Å². The van der Waals surface area contributed by atoms with Gasteiger partial charge >= 0.3 is 5.97 Å². The maximum absolute atomic E-state index is 11.6. The Hall–Kier alpha value is -0.570. The molecule has 3 nitrogen and oxygen atoms in total. The van der Waals surface area contributed by atoms with E-state index in [-0.39, 0.29) is 17.7 Å². The van der Waals surface area contributed by atoms with E-state index in [0.29, 0.717) is 6.61 Å². The van der Waals surface area contributed by atoms with Crippen molar-refractivity contribution in [3.05, 3.63) is 0 Å². The fourth-order valence-electron chi connectivity index (χ4n) is 1.12. The normalized spacial score (nSPS) is 14.7. The molecule has 0 amide bonds. The molecule has 0 rings (SSSR count). The summed E-state index contributed by atoms with van der Waals surface area (Å²) in [7, 11) is 0. The standard InChI is InChI=1S/C13H26O3/c1-8-10(16-13(5,6)7)9-15-11(14)12(2,3)4/h10H,8-9H2,1-7H3/t10-/m1/s1. The van der Waals surface area contributed by atoms with Crippen LogP contribution in [0.2, 0.25) is 0 Å². The van der Waals surface area contributed by atoms with Gasteiger partial charge in [-0.15, -0.1) is 0 Å². The molecule has 0 aromatic carbocycles. The molecular formula is C13H26O3. The van der Waals surface area contributed by atoms with E-state index in [2.05, 4.69) is 0 Å². The number of carbonyl (C=O) groups excluding carboxylic acids is 1. The number of esters is 1. The van der Waals surface area contributed by atoms with E-state index in [1.54, 1.807) is 0 Å². The minimum atomic E-state index is -0.444. The summed E-state index contributed by atoms with van der Waals surface area (Å²) < 4.78 is 11.0. The molecule has 0 aliphatic rings. The summed E-state index contributed by atoms with van der Waals surface area (Å²) in [5, 5.41) is 0. The van der Waals surface area contributed by atoms with Crippen molar-refractivity contribution >= 4 is 5.97 Å². The van der Waals surface area contributed by atoms with Gasteiger partial charge in [0.1, 0.15) is 6.61 Å². The third kappa shape index (κ3) is 6.83. The summed E-state index contributed by atoms with van der Waals surface area (Å²) in [6, 6.07) is 0. The van der Waals surface area contributed by atoms with Crippen molar-refractivity contribution in [1.29, 1.82) is 0 Å². The van der Waals surface area contributed by atoms with E-state index in [4.69, 9.17) is 9.47 Å². The zero-order valence-corrected chi connectivity index (χ0v) is 11.7. The van der Waals surface area contributed by atoms with Crippen LogP contribution in [0, 0.1) is 5.41 Å². The van der Waals surface area contributed by atoms with Crippen molar-refractivity contribution < 1.29 is 14.3 Å². The summed E-state index contributed by atoms with van der Waals surface area (Å²) in [5.41, 5.74) is -0.644. The molecule has 0 aromatic rings. The van der Waals surface area contributed by atoms with Crippen LogP contribution in [-0.2, 0) is 14.3 Å². The van der Waals surface area contributed by atoms with Crippen LogP contribution in [0.4, 0.5) is 0 Å². The molecule has 16 heavy (non-hydrogen) atoms. The lowest BCUT2D eigenvalue weighted by Crippen LogP contribution is -2.33. The highest BCUT2D eigenvalue weighted by Crippen LogP contribution is 2.17. The van der Waals surface area contributed by atoms with Crippen LogP contribution >= 0.6 is 0 Å². The van der Waals surface area contributed by atoms with Crippen molar-refractivity contribution in [2.24, 2.45) is 5.41 Å². The predicted octanol–water partition coefficient (Wildman–Crippen LogP) is 3.17. The second-order valence-electron chi connectivity index (χ2n) is 6.11. The number of rotatable bonds is 4. The molecule has 0 radical (unpaired) electrons. The molecule has 0 aromatic heterocycles. The molecule has 0 unspecified atom stereocenters. The van der Waals surface area contributed by atoms with Gasteiger partial charge in [0, 0.05) is 0 Å². The van der Waals surface area contributed by atoms with Gasteiger partial charge in [-0.1, -0.05) is 6.92 Å². The van der Waals surface area contributed by atoms with Gasteiger partial charge in [0.25, 0.3) is 0 Å². The van der Waals surface area contributed by atoms with Gasteiger partial charge in [0.15, 0.2) is 0 Å². The zero-order chi connectivity index (χ0) is 13.0. The van der Waals surface area contributed by atoms with Crippen molar-refractivity contribution in [2.45, 2.75) is 66.6 Å². The highest BCUT2D eigenvalue weighted by atomic mass is 16.6. The van der Waals surface area contributed by atoms with Gasteiger partial charge in [-0.25, -0.2) is 0 Å². The monoisotopic (exact) mass is 230 g/mol. The fraction of sp³-hybridized carbons (Fsp3) is 0.923. The highest BCUT2D eigenvalue weighted by Gasteiger charge is 2.25. The van der Waals surface area contributed by atoms with Crippen molar-refractivity contribution in [2.75, 3.05) is 6.61 Å². The SMILES string of the molecule is CC[C@H](COC(=O)C(C)(C)C)OC(C)(C)C. The Morgan fingerprint density at radius 2 is 1.62 bits per heavy atom. The molecule has 1 atom stereocenters. The van der Waals surface area contributed by atoms with Crippen molar-refractivity contribution in [3.8, 4) is 0 Å². The molecule has 96 valence electrons. The largest absolute Gasteiger partial charge is 0.463 e. The highest BCUT2D eigenvalue weighted by molar-refractivity contribution is 5.75. The molecule has 0 saturated carbocycles. The van der Waals surface area contributed by atoms with Crippen LogP contribution in [0.3, 0.4) is 0 Å². The fourth-order valence-corrected chi connectivity index (χ4v) is 1.12. The zero-order valence-electron chi connectivity index (χ0n) is 11.7. The Labute approximate surface area is 99.5 Å². The summed E-state index contributed by atoms with van der Waals surface area (Å²) in [6.45, 7) is 13.9. The van der Waals surface area contributed by atoms with Gasteiger partial charge in [-0.2, -0.15) is 0 Å². The average Bonchev–Trinajstić information content (AvgIpc) is 2.08. The summed E-state index contributed by atoms with van der Waals surface area (Å²) in [4.78, 5) is 11.6. The van der Waals surface area contributed by atoms with E-state index in [1.165, 1.54) is 0 Å². The quantitative estimate of drug-likeness (QED) is 0.696. The third-order valence-corrected chi connectivity index (χ3v) is 1.99. The van der Waals surface area contributed by atoms with E-state index < -0.39 is 5.41 Å². The van der Waals surface area contributed by atoms with Gasteiger partial charge in [0.05, 0.1) is 17.1 Å².